The first kappa shape index (κ1) is 19.0. The van der Waals surface area contributed by atoms with E-state index < -0.39 is 0 Å². The van der Waals surface area contributed by atoms with Gasteiger partial charge in [0.1, 0.15) is 5.75 Å². The van der Waals surface area contributed by atoms with E-state index in [0.717, 1.165) is 28.0 Å². The minimum absolute atomic E-state index is 0.112. The molecule has 3 aromatic rings. The fourth-order valence-electron chi connectivity index (χ4n) is 2.55. The lowest BCUT2D eigenvalue weighted by Gasteiger charge is -2.10. The third-order valence-electron chi connectivity index (χ3n) is 3.92. The Kier molecular flexibility index (Phi) is 6.88. The van der Waals surface area contributed by atoms with Gasteiger partial charge in [0, 0.05) is 28.3 Å². The molecular formula is C22H21BrN2O2. The number of hydrogen-bond acceptors (Lipinski definition) is 3. The molecule has 5 heteroatoms. The maximum absolute atomic E-state index is 12.1. The highest BCUT2D eigenvalue weighted by Crippen LogP contribution is 2.18. The fourth-order valence-corrected chi connectivity index (χ4v) is 2.81. The van der Waals surface area contributed by atoms with Gasteiger partial charge in [-0.25, -0.2) is 0 Å². The average Bonchev–Trinajstić information content (AvgIpc) is 2.69. The number of carbonyl (C=O) groups is 1. The molecule has 0 aliphatic heterocycles. The summed E-state index contributed by atoms with van der Waals surface area (Å²) in [5.74, 6) is 0.629. The molecule has 1 amide bonds. The summed E-state index contributed by atoms with van der Waals surface area (Å²) in [6, 6.07) is 25.3. The number of carbonyl (C=O) groups excluding carboxylic acids is 1. The molecule has 0 aliphatic carbocycles. The normalized spacial score (nSPS) is 10.3. The van der Waals surface area contributed by atoms with Gasteiger partial charge in [-0.3, -0.25) is 4.79 Å². The Morgan fingerprint density at radius 2 is 1.67 bits per heavy atom. The standard InChI is InChI=1S/C22H21BrN2O2/c23-18-9-11-19(12-10-18)24-16-22(26)25-20-7-4-8-21(15-20)27-14-13-17-5-2-1-3-6-17/h1-12,15,24H,13-14,16H2,(H,25,26). The van der Waals surface area contributed by atoms with Crippen molar-refractivity contribution in [3.05, 3.63) is 88.9 Å². The molecule has 0 atom stereocenters. The number of nitrogens with one attached hydrogen (secondary N) is 2. The second-order valence-electron chi connectivity index (χ2n) is 6.02. The zero-order chi connectivity index (χ0) is 18.9. The zero-order valence-electron chi connectivity index (χ0n) is 14.8. The van der Waals surface area contributed by atoms with Crippen molar-refractivity contribution in [1.29, 1.82) is 0 Å². The molecule has 0 heterocycles. The van der Waals surface area contributed by atoms with Gasteiger partial charge in [0.2, 0.25) is 5.91 Å². The van der Waals surface area contributed by atoms with E-state index in [4.69, 9.17) is 4.74 Å². The van der Waals surface area contributed by atoms with E-state index in [0.29, 0.717) is 6.61 Å². The van der Waals surface area contributed by atoms with Crippen molar-refractivity contribution in [3.63, 3.8) is 0 Å². The summed E-state index contributed by atoms with van der Waals surface area (Å²) in [6.45, 7) is 0.785. The van der Waals surface area contributed by atoms with Crippen LogP contribution in [0.2, 0.25) is 0 Å². The van der Waals surface area contributed by atoms with Gasteiger partial charge in [0.15, 0.2) is 0 Å². The number of benzene rings is 3. The topological polar surface area (TPSA) is 50.4 Å². The van der Waals surface area contributed by atoms with E-state index in [9.17, 15) is 4.79 Å². The molecular weight excluding hydrogens is 404 g/mol. The molecule has 3 rings (SSSR count). The van der Waals surface area contributed by atoms with Gasteiger partial charge >= 0.3 is 0 Å². The summed E-state index contributed by atoms with van der Waals surface area (Å²) in [6.07, 6.45) is 0.842. The third kappa shape index (κ3) is 6.46. The Balaban J connectivity index is 1.46. The zero-order valence-corrected chi connectivity index (χ0v) is 16.4. The molecule has 0 unspecified atom stereocenters. The lowest BCUT2D eigenvalue weighted by molar-refractivity contribution is -0.114. The summed E-state index contributed by atoms with van der Waals surface area (Å²) < 4.78 is 6.80. The Hall–Kier alpha value is -2.79. The van der Waals surface area contributed by atoms with Gasteiger partial charge in [-0.1, -0.05) is 52.3 Å². The van der Waals surface area contributed by atoms with Crippen LogP contribution in [-0.2, 0) is 11.2 Å². The smallest absolute Gasteiger partial charge is 0.243 e. The summed E-state index contributed by atoms with van der Waals surface area (Å²) in [7, 11) is 0. The lowest BCUT2D eigenvalue weighted by atomic mass is 10.2. The number of anilines is 2. The van der Waals surface area contributed by atoms with Crippen LogP contribution in [0.1, 0.15) is 5.56 Å². The van der Waals surface area contributed by atoms with Gasteiger partial charge in [-0.15, -0.1) is 0 Å². The quantitative estimate of drug-likeness (QED) is 0.527. The van der Waals surface area contributed by atoms with E-state index in [1.807, 2.05) is 66.7 Å². The lowest BCUT2D eigenvalue weighted by Crippen LogP contribution is -2.21. The number of amides is 1. The molecule has 2 N–H and O–H groups in total. The number of halogens is 1. The van der Waals surface area contributed by atoms with Crippen molar-refractivity contribution >= 4 is 33.2 Å². The Labute approximate surface area is 167 Å². The SMILES string of the molecule is O=C(CNc1ccc(Br)cc1)Nc1cccc(OCCc2ccccc2)c1. The second-order valence-corrected chi connectivity index (χ2v) is 6.94. The third-order valence-corrected chi connectivity index (χ3v) is 4.45. The highest BCUT2D eigenvalue weighted by molar-refractivity contribution is 9.10. The van der Waals surface area contributed by atoms with Crippen LogP contribution in [0.5, 0.6) is 5.75 Å². The molecule has 0 aliphatic rings. The van der Waals surface area contributed by atoms with E-state index in [-0.39, 0.29) is 12.5 Å². The van der Waals surface area contributed by atoms with Crippen molar-refractivity contribution in [1.82, 2.24) is 0 Å². The molecule has 0 fully saturated rings. The maximum Gasteiger partial charge on any atom is 0.243 e. The molecule has 0 saturated carbocycles. The molecule has 3 aromatic carbocycles. The molecule has 0 radical (unpaired) electrons. The molecule has 4 nitrogen and oxygen atoms in total. The first-order valence-corrected chi connectivity index (χ1v) is 9.54. The fraction of sp³-hybridized carbons (Fsp3) is 0.136. The van der Waals surface area contributed by atoms with Crippen LogP contribution in [0.4, 0.5) is 11.4 Å². The maximum atomic E-state index is 12.1. The Morgan fingerprint density at radius 3 is 2.44 bits per heavy atom. The minimum Gasteiger partial charge on any atom is -0.493 e. The second kappa shape index (κ2) is 9.78. The van der Waals surface area contributed by atoms with E-state index in [1.54, 1.807) is 0 Å². The van der Waals surface area contributed by atoms with Gasteiger partial charge in [0.05, 0.1) is 13.2 Å². The van der Waals surface area contributed by atoms with Crippen LogP contribution in [0, 0.1) is 0 Å². The average molecular weight is 425 g/mol. The molecule has 0 saturated heterocycles. The van der Waals surface area contributed by atoms with Crippen molar-refractivity contribution in [2.45, 2.75) is 6.42 Å². The summed E-state index contributed by atoms with van der Waals surface area (Å²) in [4.78, 5) is 12.1. The largest absolute Gasteiger partial charge is 0.493 e. The van der Waals surface area contributed by atoms with Crippen molar-refractivity contribution < 1.29 is 9.53 Å². The van der Waals surface area contributed by atoms with Crippen molar-refractivity contribution in [2.24, 2.45) is 0 Å². The van der Waals surface area contributed by atoms with Gasteiger partial charge in [-0.05, 0) is 42.0 Å². The minimum atomic E-state index is -0.112. The van der Waals surface area contributed by atoms with Crippen LogP contribution in [0.3, 0.4) is 0 Å². The Bertz CT molecular complexity index is 867. The van der Waals surface area contributed by atoms with Crippen LogP contribution in [0.15, 0.2) is 83.3 Å². The molecule has 0 spiro atoms. The van der Waals surface area contributed by atoms with E-state index >= 15 is 0 Å². The molecule has 0 bridgehead atoms. The first-order valence-electron chi connectivity index (χ1n) is 8.75. The van der Waals surface area contributed by atoms with Crippen LogP contribution in [0.25, 0.3) is 0 Å². The van der Waals surface area contributed by atoms with Gasteiger partial charge in [0.25, 0.3) is 0 Å². The van der Waals surface area contributed by atoms with Crippen molar-refractivity contribution in [2.75, 3.05) is 23.8 Å². The van der Waals surface area contributed by atoms with Crippen LogP contribution < -0.4 is 15.4 Å². The predicted octanol–water partition coefficient (Wildman–Crippen LogP) is 5.12. The number of ether oxygens (including phenoxy) is 1. The monoisotopic (exact) mass is 424 g/mol. The van der Waals surface area contributed by atoms with Crippen molar-refractivity contribution in [3.8, 4) is 5.75 Å². The number of hydrogen-bond donors (Lipinski definition) is 2. The van der Waals surface area contributed by atoms with E-state index in [1.165, 1.54) is 5.56 Å². The molecule has 27 heavy (non-hydrogen) atoms. The number of rotatable bonds is 8. The van der Waals surface area contributed by atoms with Gasteiger partial charge < -0.3 is 15.4 Å². The molecule has 138 valence electrons. The highest BCUT2D eigenvalue weighted by atomic mass is 79.9. The van der Waals surface area contributed by atoms with E-state index in [2.05, 4.69) is 38.7 Å². The Morgan fingerprint density at radius 1 is 0.889 bits per heavy atom. The summed E-state index contributed by atoms with van der Waals surface area (Å²) >= 11 is 3.39. The van der Waals surface area contributed by atoms with Crippen LogP contribution >= 0.6 is 15.9 Å². The summed E-state index contributed by atoms with van der Waals surface area (Å²) in [5, 5.41) is 5.98. The van der Waals surface area contributed by atoms with Gasteiger partial charge in [-0.2, -0.15) is 0 Å². The van der Waals surface area contributed by atoms with Crippen LogP contribution in [-0.4, -0.2) is 19.1 Å². The molecule has 0 aromatic heterocycles. The predicted molar refractivity (Wildman–Crippen MR) is 113 cm³/mol. The highest BCUT2D eigenvalue weighted by Gasteiger charge is 2.04. The first-order chi connectivity index (χ1) is 13.2. The summed E-state index contributed by atoms with van der Waals surface area (Å²) in [5.41, 5.74) is 2.85.